The normalized spacial score (nSPS) is 24.9. The average molecular weight is 214 g/mol. The number of likely N-dealkylation sites (tertiary alicyclic amines) is 1. The highest BCUT2D eigenvalue weighted by molar-refractivity contribution is 5.78. The second-order valence-corrected chi connectivity index (χ2v) is 4.63. The molecule has 15 heavy (non-hydrogen) atoms. The maximum absolute atomic E-state index is 11.5. The molecule has 0 aliphatic carbocycles. The zero-order valence-corrected chi connectivity index (χ0v) is 9.70. The molecule has 0 aromatic heterocycles. The Hall–Kier alpha value is -0.610. The fraction of sp³-hybridized carbons (Fsp3) is 0.909. The smallest absolute Gasteiger partial charge is 0.234 e. The van der Waals surface area contributed by atoms with Gasteiger partial charge in [0.2, 0.25) is 5.91 Å². The van der Waals surface area contributed by atoms with Gasteiger partial charge in [-0.1, -0.05) is 6.92 Å². The Morgan fingerprint density at radius 1 is 1.67 bits per heavy atom. The van der Waals surface area contributed by atoms with Crippen LogP contribution in [0.25, 0.3) is 0 Å². The highest BCUT2D eigenvalue weighted by Crippen LogP contribution is 2.14. The molecule has 1 aliphatic heterocycles. The summed E-state index contributed by atoms with van der Waals surface area (Å²) in [6.07, 6.45) is 2.45. The van der Waals surface area contributed by atoms with Gasteiger partial charge in [0.05, 0.1) is 13.2 Å². The highest BCUT2D eigenvalue weighted by Gasteiger charge is 2.18. The van der Waals surface area contributed by atoms with Gasteiger partial charge in [-0.3, -0.25) is 9.69 Å². The molecule has 1 heterocycles. The molecule has 1 aliphatic rings. The number of aliphatic hydroxyl groups is 1. The van der Waals surface area contributed by atoms with Crippen molar-refractivity contribution in [3.05, 3.63) is 0 Å². The van der Waals surface area contributed by atoms with E-state index < -0.39 is 0 Å². The number of aliphatic hydroxyl groups excluding tert-OH is 1. The molecule has 2 N–H and O–H groups in total. The first-order valence-electron chi connectivity index (χ1n) is 5.74. The SMILES string of the molecule is CC(CO)NC(=O)CN1CCC[C@@H](C)C1. The number of carbonyl (C=O) groups excluding carboxylic acids is 1. The number of hydrogen-bond donors (Lipinski definition) is 2. The van der Waals surface area contributed by atoms with E-state index in [4.69, 9.17) is 5.11 Å². The van der Waals surface area contributed by atoms with E-state index in [1.54, 1.807) is 6.92 Å². The molecule has 88 valence electrons. The van der Waals surface area contributed by atoms with Crippen LogP contribution in [-0.2, 0) is 4.79 Å². The summed E-state index contributed by atoms with van der Waals surface area (Å²) in [4.78, 5) is 13.7. The largest absolute Gasteiger partial charge is 0.394 e. The monoisotopic (exact) mass is 214 g/mol. The summed E-state index contributed by atoms with van der Waals surface area (Å²) in [6.45, 7) is 6.53. The number of rotatable bonds is 4. The van der Waals surface area contributed by atoms with E-state index in [1.165, 1.54) is 12.8 Å². The van der Waals surface area contributed by atoms with Crippen LogP contribution in [-0.4, -0.2) is 48.2 Å². The highest BCUT2D eigenvalue weighted by atomic mass is 16.3. The van der Waals surface area contributed by atoms with Crippen molar-refractivity contribution in [2.75, 3.05) is 26.2 Å². The number of hydrogen-bond acceptors (Lipinski definition) is 3. The van der Waals surface area contributed by atoms with Crippen LogP contribution in [0.1, 0.15) is 26.7 Å². The second-order valence-electron chi connectivity index (χ2n) is 4.63. The van der Waals surface area contributed by atoms with Crippen LogP contribution in [0.4, 0.5) is 0 Å². The van der Waals surface area contributed by atoms with E-state index in [9.17, 15) is 4.79 Å². The van der Waals surface area contributed by atoms with Crippen molar-refractivity contribution in [3.8, 4) is 0 Å². The van der Waals surface area contributed by atoms with Crippen LogP contribution < -0.4 is 5.32 Å². The Bertz CT molecular complexity index is 209. The van der Waals surface area contributed by atoms with Crippen molar-refractivity contribution in [1.29, 1.82) is 0 Å². The maximum Gasteiger partial charge on any atom is 0.234 e. The molecule has 0 aromatic rings. The number of nitrogens with one attached hydrogen (secondary N) is 1. The van der Waals surface area contributed by atoms with Crippen molar-refractivity contribution >= 4 is 5.91 Å². The summed E-state index contributed by atoms with van der Waals surface area (Å²) in [7, 11) is 0. The van der Waals surface area contributed by atoms with Crippen LogP contribution in [0.3, 0.4) is 0 Å². The molecule has 4 nitrogen and oxygen atoms in total. The van der Waals surface area contributed by atoms with Gasteiger partial charge in [0.15, 0.2) is 0 Å². The predicted octanol–water partition coefficient (Wildman–Crippen LogP) is 0.215. The molecular weight excluding hydrogens is 192 g/mol. The van der Waals surface area contributed by atoms with Gasteiger partial charge in [0, 0.05) is 12.6 Å². The number of carbonyl (C=O) groups is 1. The minimum atomic E-state index is -0.139. The van der Waals surface area contributed by atoms with E-state index in [0.717, 1.165) is 13.1 Å². The van der Waals surface area contributed by atoms with Crippen molar-refractivity contribution < 1.29 is 9.90 Å². The van der Waals surface area contributed by atoms with Crippen LogP contribution in [0.2, 0.25) is 0 Å². The first-order valence-corrected chi connectivity index (χ1v) is 5.74. The molecular formula is C11H22N2O2. The quantitative estimate of drug-likeness (QED) is 0.703. The minimum Gasteiger partial charge on any atom is -0.394 e. The molecule has 0 saturated carbocycles. The molecule has 0 aromatic carbocycles. The van der Waals surface area contributed by atoms with Crippen LogP contribution in [0.5, 0.6) is 0 Å². The van der Waals surface area contributed by atoms with Crippen molar-refractivity contribution in [1.82, 2.24) is 10.2 Å². The van der Waals surface area contributed by atoms with Crippen molar-refractivity contribution in [2.24, 2.45) is 5.92 Å². The van der Waals surface area contributed by atoms with E-state index in [2.05, 4.69) is 17.1 Å². The lowest BCUT2D eigenvalue weighted by molar-refractivity contribution is -0.123. The minimum absolute atomic E-state index is 0.00213. The molecule has 0 spiro atoms. The van der Waals surface area contributed by atoms with Gasteiger partial charge in [-0.15, -0.1) is 0 Å². The zero-order valence-electron chi connectivity index (χ0n) is 9.70. The first kappa shape index (κ1) is 12.5. The molecule has 1 unspecified atom stereocenters. The molecule has 4 heteroatoms. The average Bonchev–Trinajstić information content (AvgIpc) is 2.17. The van der Waals surface area contributed by atoms with Crippen molar-refractivity contribution in [2.45, 2.75) is 32.7 Å². The van der Waals surface area contributed by atoms with E-state index in [1.807, 2.05) is 0 Å². The van der Waals surface area contributed by atoms with Gasteiger partial charge in [-0.2, -0.15) is 0 Å². The lowest BCUT2D eigenvalue weighted by atomic mass is 10.0. The van der Waals surface area contributed by atoms with Crippen molar-refractivity contribution in [3.63, 3.8) is 0 Å². The molecule has 0 bridgehead atoms. The summed E-state index contributed by atoms with van der Waals surface area (Å²) in [5, 5.41) is 11.6. The second kappa shape index (κ2) is 6.08. The van der Waals surface area contributed by atoms with Gasteiger partial charge in [0.25, 0.3) is 0 Å². The van der Waals surface area contributed by atoms with Gasteiger partial charge in [0.1, 0.15) is 0 Å². The lowest BCUT2D eigenvalue weighted by Crippen LogP contribution is -2.45. The molecule has 0 radical (unpaired) electrons. The fourth-order valence-corrected chi connectivity index (χ4v) is 2.00. The molecule has 1 saturated heterocycles. The summed E-state index contributed by atoms with van der Waals surface area (Å²) in [5.74, 6) is 0.715. The Kier molecular flexibility index (Phi) is 5.05. The fourth-order valence-electron chi connectivity index (χ4n) is 2.00. The molecule has 1 fully saturated rings. The Morgan fingerprint density at radius 2 is 2.40 bits per heavy atom. The van der Waals surface area contributed by atoms with Crippen LogP contribution in [0, 0.1) is 5.92 Å². The van der Waals surface area contributed by atoms with Gasteiger partial charge in [-0.25, -0.2) is 0 Å². The summed E-state index contributed by atoms with van der Waals surface area (Å²) < 4.78 is 0. The predicted molar refractivity (Wildman–Crippen MR) is 59.5 cm³/mol. The number of amides is 1. The Morgan fingerprint density at radius 3 is 3.00 bits per heavy atom. The van der Waals surface area contributed by atoms with E-state index in [-0.39, 0.29) is 18.6 Å². The molecule has 2 atom stereocenters. The number of nitrogens with zero attached hydrogens (tertiary/aromatic N) is 1. The third-order valence-corrected chi connectivity index (χ3v) is 2.79. The summed E-state index contributed by atoms with van der Waals surface area (Å²) in [5.41, 5.74) is 0. The van der Waals surface area contributed by atoms with Gasteiger partial charge < -0.3 is 10.4 Å². The Balaban J connectivity index is 2.24. The van der Waals surface area contributed by atoms with E-state index >= 15 is 0 Å². The molecule has 1 amide bonds. The van der Waals surface area contributed by atoms with E-state index in [0.29, 0.717) is 12.5 Å². The summed E-state index contributed by atoms with van der Waals surface area (Å²) >= 11 is 0. The zero-order chi connectivity index (χ0) is 11.3. The third-order valence-electron chi connectivity index (χ3n) is 2.79. The standard InChI is InChI=1S/C11H22N2O2/c1-9-4-3-5-13(6-9)7-11(15)12-10(2)8-14/h9-10,14H,3-8H2,1-2H3,(H,12,15)/t9-,10?/m1/s1. The third kappa shape index (κ3) is 4.62. The first-order chi connectivity index (χ1) is 7.11. The summed E-state index contributed by atoms with van der Waals surface area (Å²) in [6, 6.07) is -0.139. The number of piperidine rings is 1. The lowest BCUT2D eigenvalue weighted by Gasteiger charge is -2.30. The van der Waals surface area contributed by atoms with Gasteiger partial charge in [-0.05, 0) is 32.2 Å². The maximum atomic E-state index is 11.5. The van der Waals surface area contributed by atoms with Crippen LogP contribution >= 0.6 is 0 Å². The Labute approximate surface area is 91.6 Å². The molecule has 1 rings (SSSR count). The van der Waals surface area contributed by atoms with Gasteiger partial charge >= 0.3 is 0 Å². The van der Waals surface area contributed by atoms with Crippen LogP contribution in [0.15, 0.2) is 0 Å². The topological polar surface area (TPSA) is 52.6 Å².